The van der Waals surface area contributed by atoms with Crippen LogP contribution in [0.2, 0.25) is 0 Å². The second kappa shape index (κ2) is 6.34. The molecule has 10 heteroatoms. The van der Waals surface area contributed by atoms with Crippen LogP contribution in [-0.4, -0.2) is 45.5 Å². The first-order valence-electron chi connectivity index (χ1n) is 6.57. The van der Waals surface area contributed by atoms with Crippen LogP contribution in [-0.2, 0) is 0 Å². The van der Waals surface area contributed by atoms with Crippen molar-refractivity contribution in [2.75, 3.05) is 0 Å². The van der Waals surface area contributed by atoms with Crippen molar-refractivity contribution in [3.63, 3.8) is 0 Å². The van der Waals surface area contributed by atoms with Gasteiger partial charge in [0.2, 0.25) is 0 Å². The molecule has 4 aromatic rings. The Hall–Kier alpha value is -1.46. The standard InChI is InChI=1S/C12H12BN8.K.H/c1-5-14-18(9-1)13(19-10-2-6-15-19,20-11-3-7-16-20)21-12-4-8-17-21;;/h1-12H;;/q-1;+1;-1. The molecule has 0 N–H and O–H groups in total. The van der Waals surface area contributed by atoms with Gasteiger partial charge in [-0.2, -0.15) is 0 Å². The Morgan fingerprint density at radius 2 is 0.818 bits per heavy atom. The molecular formula is C12H13BKN8-. The maximum Gasteiger partial charge on any atom is 1.00 e. The van der Waals surface area contributed by atoms with Crippen LogP contribution >= 0.6 is 0 Å². The smallest absolute Gasteiger partial charge is 1.00 e. The molecule has 0 amide bonds. The third-order valence-electron chi connectivity index (χ3n) is 3.52. The van der Waals surface area contributed by atoms with Gasteiger partial charge in [0.15, 0.2) is 0 Å². The Bertz CT molecular complexity index is 655. The van der Waals surface area contributed by atoms with E-state index in [1.807, 2.05) is 67.4 Å². The molecule has 0 aliphatic carbocycles. The van der Waals surface area contributed by atoms with Crippen LogP contribution in [0.3, 0.4) is 0 Å². The van der Waals surface area contributed by atoms with Gasteiger partial charge in [-0.05, 0) is 49.1 Å². The average molecular weight is 319 g/mol. The molecule has 0 unspecified atom stereocenters. The summed E-state index contributed by atoms with van der Waals surface area (Å²) in [6.07, 6.45) is 14.4. The van der Waals surface area contributed by atoms with Crippen molar-refractivity contribution in [1.29, 1.82) is 0 Å². The predicted molar refractivity (Wildman–Crippen MR) is 77.4 cm³/mol. The average Bonchev–Trinajstić information content (AvgIpc) is 3.32. The zero-order chi connectivity index (χ0) is 14.1. The van der Waals surface area contributed by atoms with Gasteiger partial charge in [0.25, 0.3) is 0 Å². The number of aromatic nitrogens is 8. The van der Waals surface area contributed by atoms with Crippen molar-refractivity contribution in [2.24, 2.45) is 0 Å². The van der Waals surface area contributed by atoms with Gasteiger partial charge >= 0.3 is 58.1 Å². The summed E-state index contributed by atoms with van der Waals surface area (Å²) in [7, 11) is 0. The van der Waals surface area contributed by atoms with Crippen LogP contribution in [0.5, 0.6) is 0 Å². The number of rotatable bonds is 4. The largest absolute Gasteiger partial charge is 1.00 e. The molecule has 4 heterocycles. The van der Waals surface area contributed by atoms with Crippen LogP contribution in [0.1, 0.15) is 1.43 Å². The minimum atomic E-state index is -1.83. The first-order valence-corrected chi connectivity index (χ1v) is 6.57. The fraction of sp³-hybridized carbons (Fsp3) is 0. The van der Waals surface area contributed by atoms with E-state index in [2.05, 4.69) is 20.4 Å². The quantitative estimate of drug-likeness (QED) is 0.391. The van der Waals surface area contributed by atoms with E-state index in [0.29, 0.717) is 0 Å². The van der Waals surface area contributed by atoms with Crippen LogP contribution < -0.4 is 51.4 Å². The van der Waals surface area contributed by atoms with Gasteiger partial charge in [-0.25, -0.2) is 20.4 Å². The van der Waals surface area contributed by atoms with Crippen LogP contribution in [0.4, 0.5) is 0 Å². The normalized spacial score (nSPS) is 11.3. The first kappa shape index (κ1) is 15.4. The summed E-state index contributed by atoms with van der Waals surface area (Å²) in [6, 6.07) is 7.47. The molecule has 0 aliphatic rings. The van der Waals surface area contributed by atoms with Gasteiger partial charge in [-0.15, -0.1) is 0 Å². The van der Waals surface area contributed by atoms with Crippen molar-refractivity contribution >= 4 is 6.69 Å². The minimum absolute atomic E-state index is 0. The Morgan fingerprint density at radius 1 is 0.545 bits per heavy atom. The van der Waals surface area contributed by atoms with Gasteiger partial charge in [0.1, 0.15) is 0 Å². The Kier molecular flexibility index (Phi) is 4.45. The Labute approximate surface area is 170 Å². The molecule has 0 aliphatic heterocycles. The molecule has 0 saturated heterocycles. The topological polar surface area (TPSA) is 71.3 Å². The third kappa shape index (κ3) is 2.23. The molecule has 106 valence electrons. The molecule has 0 atom stereocenters. The van der Waals surface area contributed by atoms with Gasteiger partial charge in [-0.3, -0.25) is 0 Å². The van der Waals surface area contributed by atoms with E-state index in [9.17, 15) is 0 Å². The SMILES string of the molecule is [H-].[K+].c1cnn([B-](n2cccn2)(n2cccn2)n2cccn2)c1. The van der Waals surface area contributed by atoms with E-state index < -0.39 is 6.69 Å². The van der Waals surface area contributed by atoms with Crippen molar-refractivity contribution in [3.8, 4) is 0 Å². The Balaban J connectivity index is 0.000000960. The molecule has 0 radical (unpaired) electrons. The predicted octanol–water partition coefficient (Wildman–Crippen LogP) is -2.48. The number of nitrogens with zero attached hydrogens (tertiary/aromatic N) is 8. The van der Waals surface area contributed by atoms with Crippen LogP contribution in [0.25, 0.3) is 0 Å². The second-order valence-corrected chi connectivity index (χ2v) is 4.64. The zero-order valence-electron chi connectivity index (χ0n) is 13.1. The molecule has 0 saturated carbocycles. The molecule has 0 bridgehead atoms. The summed E-state index contributed by atoms with van der Waals surface area (Å²) in [4.78, 5) is 0. The molecule has 4 rings (SSSR count). The minimum Gasteiger partial charge on any atom is -1.00 e. The van der Waals surface area contributed by atoms with E-state index in [1.54, 1.807) is 24.8 Å². The summed E-state index contributed by atoms with van der Waals surface area (Å²) in [5.74, 6) is 0. The molecule has 4 aromatic heterocycles. The van der Waals surface area contributed by atoms with Crippen molar-refractivity contribution in [2.45, 2.75) is 0 Å². The van der Waals surface area contributed by atoms with E-state index in [1.165, 1.54) is 0 Å². The first-order chi connectivity index (χ1) is 10.4. The molecule has 22 heavy (non-hydrogen) atoms. The summed E-state index contributed by atoms with van der Waals surface area (Å²) in [6.45, 7) is -1.83. The molecular weight excluding hydrogens is 306 g/mol. The fourth-order valence-corrected chi connectivity index (χ4v) is 2.67. The van der Waals surface area contributed by atoms with Crippen LogP contribution in [0, 0.1) is 0 Å². The monoisotopic (exact) mass is 319 g/mol. The van der Waals surface area contributed by atoms with Crippen molar-refractivity contribution < 1.29 is 52.8 Å². The van der Waals surface area contributed by atoms with E-state index >= 15 is 0 Å². The van der Waals surface area contributed by atoms with Gasteiger partial charge in [0.05, 0.1) is 0 Å². The van der Waals surface area contributed by atoms with Gasteiger partial charge in [-0.1, -0.05) is 0 Å². The number of hydrogen-bond acceptors (Lipinski definition) is 4. The van der Waals surface area contributed by atoms with E-state index in [4.69, 9.17) is 0 Å². The maximum absolute atomic E-state index is 4.42. The summed E-state index contributed by atoms with van der Waals surface area (Å²) < 4.78 is 7.25. The van der Waals surface area contributed by atoms with Gasteiger partial charge < -0.3 is 19.8 Å². The molecule has 8 nitrogen and oxygen atoms in total. The molecule has 0 spiro atoms. The van der Waals surface area contributed by atoms with Crippen molar-refractivity contribution in [1.82, 2.24) is 38.8 Å². The zero-order valence-corrected chi connectivity index (χ0v) is 15.2. The molecule has 0 fully saturated rings. The summed E-state index contributed by atoms with van der Waals surface area (Å²) >= 11 is 0. The molecule has 0 aromatic carbocycles. The third-order valence-corrected chi connectivity index (χ3v) is 3.52. The Morgan fingerprint density at radius 3 is 1.00 bits per heavy atom. The second-order valence-electron chi connectivity index (χ2n) is 4.64. The summed E-state index contributed by atoms with van der Waals surface area (Å²) in [5.41, 5.74) is 0. The van der Waals surface area contributed by atoms with Crippen molar-refractivity contribution in [3.05, 3.63) is 73.8 Å². The van der Waals surface area contributed by atoms with Crippen LogP contribution in [0.15, 0.2) is 73.8 Å². The fourth-order valence-electron chi connectivity index (χ4n) is 2.67. The van der Waals surface area contributed by atoms with E-state index in [-0.39, 0.29) is 52.8 Å². The maximum atomic E-state index is 4.42. The van der Waals surface area contributed by atoms with E-state index in [0.717, 1.165) is 0 Å². The summed E-state index contributed by atoms with van der Waals surface area (Å²) in [5, 5.41) is 17.7. The van der Waals surface area contributed by atoms with Gasteiger partial charge in [0, 0.05) is 24.8 Å². The number of hydrogen-bond donors (Lipinski definition) is 0.